The standard InChI is InChI=1S/C8H13FO2S/c1-8(9)4-6(8)5-12-3-2-7(10)11/h6H,2-5H2,1H3,(H,10,11). The Bertz CT molecular complexity index is 182. The predicted molar refractivity (Wildman–Crippen MR) is 47.2 cm³/mol. The van der Waals surface area contributed by atoms with Crippen molar-refractivity contribution in [3.05, 3.63) is 0 Å². The van der Waals surface area contributed by atoms with Gasteiger partial charge in [-0.05, 0) is 19.1 Å². The van der Waals surface area contributed by atoms with Crippen LogP contribution in [0.3, 0.4) is 0 Å². The van der Waals surface area contributed by atoms with Crippen molar-refractivity contribution in [3.63, 3.8) is 0 Å². The summed E-state index contributed by atoms with van der Waals surface area (Å²) >= 11 is 1.53. The van der Waals surface area contributed by atoms with Crippen molar-refractivity contribution in [2.24, 2.45) is 5.92 Å². The molecule has 2 unspecified atom stereocenters. The Labute approximate surface area is 75.5 Å². The summed E-state index contributed by atoms with van der Waals surface area (Å²) in [5.74, 6) is 0.750. The number of halogens is 1. The maximum absolute atomic E-state index is 12.9. The molecule has 1 aliphatic rings. The van der Waals surface area contributed by atoms with Crippen LogP contribution in [0.25, 0.3) is 0 Å². The van der Waals surface area contributed by atoms with Gasteiger partial charge in [0.15, 0.2) is 0 Å². The van der Waals surface area contributed by atoms with Gasteiger partial charge in [0.2, 0.25) is 0 Å². The zero-order chi connectivity index (χ0) is 9.19. The van der Waals surface area contributed by atoms with Crippen LogP contribution < -0.4 is 0 Å². The molecule has 70 valence electrons. The van der Waals surface area contributed by atoms with E-state index in [9.17, 15) is 9.18 Å². The van der Waals surface area contributed by atoms with Crippen LogP contribution in [0, 0.1) is 5.92 Å². The molecule has 0 amide bonds. The number of hydrogen-bond acceptors (Lipinski definition) is 2. The van der Waals surface area contributed by atoms with Crippen molar-refractivity contribution >= 4 is 17.7 Å². The highest BCUT2D eigenvalue weighted by Crippen LogP contribution is 2.48. The summed E-state index contributed by atoms with van der Waals surface area (Å²) in [6, 6.07) is 0. The number of carboxylic acids is 1. The number of carbonyl (C=O) groups is 1. The van der Waals surface area contributed by atoms with Crippen molar-refractivity contribution in [2.75, 3.05) is 11.5 Å². The second-order valence-corrected chi connectivity index (χ2v) is 4.55. The van der Waals surface area contributed by atoms with Crippen LogP contribution in [0.15, 0.2) is 0 Å². The van der Waals surface area contributed by atoms with E-state index < -0.39 is 11.6 Å². The van der Waals surface area contributed by atoms with Crippen molar-refractivity contribution in [1.29, 1.82) is 0 Å². The third kappa shape index (κ3) is 3.01. The van der Waals surface area contributed by atoms with Crippen LogP contribution in [-0.4, -0.2) is 28.3 Å². The molecule has 1 aliphatic carbocycles. The fourth-order valence-corrected chi connectivity index (χ4v) is 2.28. The number of carboxylic acid groups (broad SMARTS) is 1. The Balaban J connectivity index is 1.94. The maximum atomic E-state index is 12.9. The Hall–Kier alpha value is -0.250. The highest BCUT2D eigenvalue weighted by Gasteiger charge is 2.50. The van der Waals surface area contributed by atoms with E-state index >= 15 is 0 Å². The molecule has 0 aromatic heterocycles. The predicted octanol–water partition coefficient (Wildman–Crippen LogP) is 1.94. The summed E-state index contributed by atoms with van der Waals surface area (Å²) in [5, 5.41) is 8.31. The van der Waals surface area contributed by atoms with Crippen LogP contribution in [0.2, 0.25) is 0 Å². The van der Waals surface area contributed by atoms with E-state index in [1.54, 1.807) is 6.92 Å². The second kappa shape index (κ2) is 3.64. The van der Waals surface area contributed by atoms with Gasteiger partial charge in [0.25, 0.3) is 0 Å². The van der Waals surface area contributed by atoms with Gasteiger partial charge in [-0.1, -0.05) is 0 Å². The van der Waals surface area contributed by atoms with Crippen molar-refractivity contribution in [2.45, 2.75) is 25.4 Å². The van der Waals surface area contributed by atoms with E-state index in [1.807, 2.05) is 0 Å². The molecule has 0 heterocycles. The average molecular weight is 192 g/mol. The summed E-state index contributed by atoms with van der Waals surface area (Å²) in [6.45, 7) is 1.61. The third-order valence-electron chi connectivity index (χ3n) is 2.12. The summed E-state index contributed by atoms with van der Waals surface area (Å²) in [5.41, 5.74) is -0.962. The molecular formula is C8H13FO2S. The van der Waals surface area contributed by atoms with Gasteiger partial charge >= 0.3 is 5.97 Å². The lowest BCUT2D eigenvalue weighted by Crippen LogP contribution is -2.00. The Kier molecular flexibility index (Phi) is 2.99. The molecule has 1 saturated carbocycles. The van der Waals surface area contributed by atoms with E-state index in [1.165, 1.54) is 11.8 Å². The van der Waals surface area contributed by atoms with E-state index in [4.69, 9.17) is 5.11 Å². The minimum absolute atomic E-state index is 0.163. The fourth-order valence-electron chi connectivity index (χ4n) is 1.04. The molecule has 4 heteroatoms. The minimum atomic E-state index is -0.962. The van der Waals surface area contributed by atoms with Crippen LogP contribution in [0.1, 0.15) is 19.8 Å². The van der Waals surface area contributed by atoms with Gasteiger partial charge in [0, 0.05) is 11.7 Å². The molecule has 2 atom stereocenters. The molecule has 0 bridgehead atoms. The summed E-state index contributed by atoms with van der Waals surface area (Å²) in [4.78, 5) is 10.1. The van der Waals surface area contributed by atoms with E-state index in [2.05, 4.69) is 0 Å². The number of aliphatic carboxylic acids is 1. The summed E-state index contributed by atoms with van der Waals surface area (Å²) < 4.78 is 12.9. The molecule has 1 N–H and O–H groups in total. The van der Waals surface area contributed by atoms with Crippen molar-refractivity contribution in [1.82, 2.24) is 0 Å². The molecule has 0 aliphatic heterocycles. The first-order chi connectivity index (χ1) is 5.52. The van der Waals surface area contributed by atoms with Gasteiger partial charge in [-0.3, -0.25) is 4.79 Å². The molecule has 2 nitrogen and oxygen atoms in total. The molecule has 0 aromatic rings. The lowest BCUT2D eigenvalue weighted by molar-refractivity contribution is -0.136. The van der Waals surface area contributed by atoms with Crippen LogP contribution in [0.5, 0.6) is 0 Å². The molecule has 0 spiro atoms. The molecule has 1 fully saturated rings. The van der Waals surface area contributed by atoms with Crippen molar-refractivity contribution < 1.29 is 14.3 Å². The van der Waals surface area contributed by atoms with Crippen molar-refractivity contribution in [3.8, 4) is 0 Å². The summed E-state index contributed by atoms with van der Waals surface area (Å²) in [6.07, 6.45) is 0.827. The van der Waals surface area contributed by atoms with E-state index in [0.29, 0.717) is 12.2 Å². The van der Waals surface area contributed by atoms with Gasteiger partial charge in [-0.15, -0.1) is 0 Å². The van der Waals surface area contributed by atoms with Gasteiger partial charge < -0.3 is 5.11 Å². The number of thioether (sulfide) groups is 1. The second-order valence-electron chi connectivity index (χ2n) is 3.40. The first-order valence-corrected chi connectivity index (χ1v) is 5.16. The van der Waals surface area contributed by atoms with Gasteiger partial charge in [0.1, 0.15) is 5.67 Å². The first kappa shape index (κ1) is 9.84. The Morgan fingerprint density at radius 3 is 2.83 bits per heavy atom. The lowest BCUT2D eigenvalue weighted by atomic mass is 10.3. The highest BCUT2D eigenvalue weighted by molar-refractivity contribution is 7.99. The monoisotopic (exact) mass is 192 g/mol. The molecule has 0 saturated heterocycles. The van der Waals surface area contributed by atoms with Gasteiger partial charge in [-0.2, -0.15) is 11.8 Å². The topological polar surface area (TPSA) is 37.3 Å². The smallest absolute Gasteiger partial charge is 0.304 e. The number of rotatable bonds is 5. The largest absolute Gasteiger partial charge is 0.481 e. The molecule has 12 heavy (non-hydrogen) atoms. The average Bonchev–Trinajstić information content (AvgIpc) is 2.51. The first-order valence-electron chi connectivity index (χ1n) is 4.01. The third-order valence-corrected chi connectivity index (χ3v) is 3.25. The van der Waals surface area contributed by atoms with Gasteiger partial charge in [-0.25, -0.2) is 4.39 Å². The maximum Gasteiger partial charge on any atom is 0.304 e. The summed E-state index contributed by atoms with van der Waals surface area (Å²) in [7, 11) is 0. The molecular weight excluding hydrogens is 179 g/mol. The fraction of sp³-hybridized carbons (Fsp3) is 0.875. The van der Waals surface area contributed by atoms with Crippen LogP contribution >= 0.6 is 11.8 Å². The van der Waals surface area contributed by atoms with Crippen LogP contribution in [0.4, 0.5) is 4.39 Å². The molecule has 0 radical (unpaired) electrons. The Morgan fingerprint density at radius 2 is 2.42 bits per heavy atom. The lowest BCUT2D eigenvalue weighted by Gasteiger charge is -1.99. The highest BCUT2D eigenvalue weighted by atomic mass is 32.2. The number of hydrogen-bond donors (Lipinski definition) is 1. The van der Waals surface area contributed by atoms with E-state index in [0.717, 1.165) is 5.75 Å². The van der Waals surface area contributed by atoms with Gasteiger partial charge in [0.05, 0.1) is 6.42 Å². The SMILES string of the molecule is CC1(F)CC1CSCCC(=O)O. The number of alkyl halides is 1. The zero-order valence-corrected chi connectivity index (χ0v) is 7.86. The normalized spacial score (nSPS) is 33.3. The minimum Gasteiger partial charge on any atom is -0.481 e. The molecule has 0 aromatic carbocycles. The zero-order valence-electron chi connectivity index (χ0n) is 7.05. The quantitative estimate of drug-likeness (QED) is 0.676. The van der Waals surface area contributed by atoms with E-state index in [-0.39, 0.29) is 12.3 Å². The Morgan fingerprint density at radius 1 is 1.83 bits per heavy atom. The molecule has 1 rings (SSSR count). The van der Waals surface area contributed by atoms with Crippen LogP contribution in [-0.2, 0) is 4.79 Å².